The third-order valence-electron chi connectivity index (χ3n) is 4.17. The van der Waals surface area contributed by atoms with Gasteiger partial charge in [-0.25, -0.2) is 0 Å². The second-order valence-electron chi connectivity index (χ2n) is 5.44. The zero-order valence-corrected chi connectivity index (χ0v) is 11.5. The van der Waals surface area contributed by atoms with Crippen LogP contribution in [0.5, 0.6) is 0 Å². The predicted octanol–water partition coefficient (Wildman–Crippen LogP) is 1.90. The molecule has 3 N–H and O–H groups in total. The van der Waals surface area contributed by atoms with Crippen molar-refractivity contribution in [1.29, 1.82) is 0 Å². The molecule has 3 nitrogen and oxygen atoms in total. The summed E-state index contributed by atoms with van der Waals surface area (Å²) in [5.74, 6) is 0.424. The van der Waals surface area contributed by atoms with Crippen LogP contribution in [0.2, 0.25) is 0 Å². The Morgan fingerprint density at radius 3 is 2.71 bits per heavy atom. The molecule has 1 amide bonds. The first-order chi connectivity index (χ1) is 8.20. The minimum Gasteiger partial charge on any atom is -0.352 e. The standard InChI is InChI=1S/C13H24N2OS/c1-17-12-7-3-6-11(12)15-13(16)9-4-2-5-10(14)8-9/h9-12H,2-8,14H2,1H3,(H,15,16). The van der Waals surface area contributed by atoms with Crippen LogP contribution in [-0.4, -0.2) is 29.5 Å². The van der Waals surface area contributed by atoms with Crippen molar-refractivity contribution in [2.24, 2.45) is 11.7 Å². The van der Waals surface area contributed by atoms with E-state index in [0.717, 1.165) is 32.1 Å². The number of hydrogen-bond acceptors (Lipinski definition) is 3. The molecule has 2 rings (SSSR count). The van der Waals surface area contributed by atoms with Crippen LogP contribution in [0.4, 0.5) is 0 Å². The fourth-order valence-corrected chi connectivity index (χ4v) is 4.07. The normalized spacial score (nSPS) is 38.0. The molecule has 0 heterocycles. The summed E-state index contributed by atoms with van der Waals surface area (Å²) in [4.78, 5) is 12.2. The number of thioether (sulfide) groups is 1. The van der Waals surface area contributed by atoms with Gasteiger partial charge in [0.05, 0.1) is 0 Å². The van der Waals surface area contributed by atoms with Crippen molar-refractivity contribution in [2.45, 2.75) is 62.3 Å². The highest BCUT2D eigenvalue weighted by Crippen LogP contribution is 2.29. The Bertz CT molecular complexity index is 272. The maximum Gasteiger partial charge on any atom is 0.223 e. The number of hydrogen-bond donors (Lipinski definition) is 2. The SMILES string of the molecule is CSC1CCCC1NC(=O)C1CCCC(N)C1. The average molecular weight is 256 g/mol. The van der Waals surface area contributed by atoms with E-state index in [1.807, 2.05) is 11.8 Å². The van der Waals surface area contributed by atoms with Gasteiger partial charge in [-0.1, -0.05) is 12.8 Å². The molecule has 0 aliphatic heterocycles. The van der Waals surface area contributed by atoms with Gasteiger partial charge in [0, 0.05) is 23.3 Å². The molecule has 0 saturated heterocycles. The Morgan fingerprint density at radius 2 is 2.00 bits per heavy atom. The van der Waals surface area contributed by atoms with E-state index < -0.39 is 0 Å². The summed E-state index contributed by atoms with van der Waals surface area (Å²) in [6, 6.07) is 0.634. The molecular weight excluding hydrogens is 232 g/mol. The molecule has 0 spiro atoms. The molecule has 0 aromatic carbocycles. The van der Waals surface area contributed by atoms with E-state index >= 15 is 0 Å². The van der Waals surface area contributed by atoms with E-state index in [0.29, 0.717) is 11.3 Å². The van der Waals surface area contributed by atoms with Crippen LogP contribution < -0.4 is 11.1 Å². The van der Waals surface area contributed by atoms with E-state index in [4.69, 9.17) is 5.73 Å². The minimum atomic E-state index is 0.168. The molecule has 4 atom stereocenters. The van der Waals surface area contributed by atoms with Crippen LogP contribution in [-0.2, 0) is 4.79 Å². The lowest BCUT2D eigenvalue weighted by Gasteiger charge is -2.28. The molecule has 0 aromatic rings. The van der Waals surface area contributed by atoms with Crippen molar-refractivity contribution in [1.82, 2.24) is 5.32 Å². The molecule has 2 saturated carbocycles. The highest BCUT2D eigenvalue weighted by Gasteiger charge is 2.31. The van der Waals surface area contributed by atoms with Gasteiger partial charge in [0.15, 0.2) is 0 Å². The Balaban J connectivity index is 1.83. The minimum absolute atomic E-state index is 0.168. The summed E-state index contributed by atoms with van der Waals surface area (Å²) in [6.07, 6.45) is 9.88. The molecule has 98 valence electrons. The van der Waals surface area contributed by atoms with Gasteiger partial charge >= 0.3 is 0 Å². The fourth-order valence-electron chi connectivity index (χ4n) is 3.14. The van der Waals surface area contributed by atoms with Crippen LogP contribution in [0.3, 0.4) is 0 Å². The largest absolute Gasteiger partial charge is 0.352 e. The molecule has 0 bridgehead atoms. The smallest absolute Gasteiger partial charge is 0.223 e. The molecule has 17 heavy (non-hydrogen) atoms. The van der Waals surface area contributed by atoms with Gasteiger partial charge in [-0.3, -0.25) is 4.79 Å². The third-order valence-corrected chi connectivity index (χ3v) is 5.34. The second kappa shape index (κ2) is 6.10. The van der Waals surface area contributed by atoms with Crippen molar-refractivity contribution in [2.75, 3.05) is 6.26 Å². The van der Waals surface area contributed by atoms with Crippen molar-refractivity contribution in [3.05, 3.63) is 0 Å². The molecular formula is C13H24N2OS. The van der Waals surface area contributed by atoms with Crippen molar-refractivity contribution in [3.8, 4) is 0 Å². The monoisotopic (exact) mass is 256 g/mol. The summed E-state index contributed by atoms with van der Waals surface area (Å²) in [6.45, 7) is 0. The molecule has 0 aromatic heterocycles. The van der Waals surface area contributed by atoms with Crippen molar-refractivity contribution >= 4 is 17.7 Å². The fraction of sp³-hybridized carbons (Fsp3) is 0.923. The Labute approximate surface area is 108 Å². The van der Waals surface area contributed by atoms with Crippen molar-refractivity contribution < 1.29 is 4.79 Å². The third kappa shape index (κ3) is 3.38. The summed E-state index contributed by atoms with van der Waals surface area (Å²) in [7, 11) is 0. The van der Waals surface area contributed by atoms with Crippen LogP contribution in [0.1, 0.15) is 44.9 Å². The first-order valence-electron chi connectivity index (χ1n) is 6.79. The van der Waals surface area contributed by atoms with Gasteiger partial charge in [-0.15, -0.1) is 0 Å². The summed E-state index contributed by atoms with van der Waals surface area (Å²) >= 11 is 1.89. The van der Waals surface area contributed by atoms with Crippen LogP contribution in [0.25, 0.3) is 0 Å². The number of nitrogens with two attached hydrogens (primary N) is 1. The van der Waals surface area contributed by atoms with Gasteiger partial charge < -0.3 is 11.1 Å². The average Bonchev–Trinajstić information content (AvgIpc) is 2.76. The van der Waals surface area contributed by atoms with Gasteiger partial charge in [0.1, 0.15) is 0 Å². The molecule has 4 unspecified atom stereocenters. The summed E-state index contributed by atoms with van der Waals surface area (Å²) in [5.41, 5.74) is 5.94. The lowest BCUT2D eigenvalue weighted by Crippen LogP contribution is -2.44. The number of carbonyl (C=O) groups excluding carboxylic acids is 1. The lowest BCUT2D eigenvalue weighted by atomic mass is 9.85. The van der Waals surface area contributed by atoms with E-state index in [9.17, 15) is 4.79 Å². The second-order valence-corrected chi connectivity index (χ2v) is 6.52. The van der Waals surface area contributed by atoms with E-state index in [-0.39, 0.29) is 17.9 Å². The van der Waals surface area contributed by atoms with Gasteiger partial charge in [-0.05, 0) is 38.4 Å². The predicted molar refractivity (Wildman–Crippen MR) is 73.0 cm³/mol. The van der Waals surface area contributed by atoms with Crippen LogP contribution in [0.15, 0.2) is 0 Å². The molecule has 2 fully saturated rings. The van der Waals surface area contributed by atoms with Gasteiger partial charge in [0.25, 0.3) is 0 Å². The quantitative estimate of drug-likeness (QED) is 0.811. The molecule has 0 radical (unpaired) electrons. The summed E-state index contributed by atoms with van der Waals surface area (Å²) in [5, 5.41) is 3.88. The molecule has 4 heteroatoms. The Kier molecular flexibility index (Phi) is 4.74. The topological polar surface area (TPSA) is 55.1 Å². The van der Waals surface area contributed by atoms with E-state index in [1.54, 1.807) is 0 Å². The van der Waals surface area contributed by atoms with E-state index in [2.05, 4.69) is 11.6 Å². The first-order valence-corrected chi connectivity index (χ1v) is 8.08. The lowest BCUT2D eigenvalue weighted by molar-refractivity contribution is -0.126. The molecule has 2 aliphatic rings. The molecule has 2 aliphatic carbocycles. The zero-order chi connectivity index (χ0) is 12.3. The van der Waals surface area contributed by atoms with Gasteiger partial charge in [0.2, 0.25) is 5.91 Å². The Hall–Kier alpha value is -0.220. The van der Waals surface area contributed by atoms with Crippen LogP contribution in [0, 0.1) is 5.92 Å². The highest BCUT2D eigenvalue weighted by molar-refractivity contribution is 7.99. The van der Waals surface area contributed by atoms with Crippen LogP contribution >= 0.6 is 11.8 Å². The number of nitrogens with one attached hydrogen (secondary N) is 1. The maximum absolute atomic E-state index is 12.2. The van der Waals surface area contributed by atoms with Crippen molar-refractivity contribution in [3.63, 3.8) is 0 Å². The number of carbonyl (C=O) groups is 1. The highest BCUT2D eigenvalue weighted by atomic mass is 32.2. The number of amides is 1. The number of rotatable bonds is 3. The zero-order valence-electron chi connectivity index (χ0n) is 10.7. The maximum atomic E-state index is 12.2. The first kappa shape index (κ1) is 13.2. The van der Waals surface area contributed by atoms with Gasteiger partial charge in [-0.2, -0.15) is 11.8 Å². The summed E-state index contributed by atoms with van der Waals surface area (Å²) < 4.78 is 0. The Morgan fingerprint density at radius 1 is 1.24 bits per heavy atom. The van der Waals surface area contributed by atoms with E-state index in [1.165, 1.54) is 12.8 Å².